The molecule has 0 atom stereocenters. The van der Waals surface area contributed by atoms with Crippen LogP contribution in [0, 0.1) is 5.41 Å². The first kappa shape index (κ1) is 14.4. The molecule has 0 amide bonds. The molecular weight excluding hydrogens is 288 g/mol. The molecule has 0 heterocycles. The Labute approximate surface area is 113 Å². The summed E-state index contributed by atoms with van der Waals surface area (Å²) in [4.78, 5) is -0.0789. The molecule has 0 aromatic heterocycles. The van der Waals surface area contributed by atoms with Gasteiger partial charge in [0.15, 0.2) is 0 Å². The first-order valence-electron chi connectivity index (χ1n) is 5.75. The molecular formula is C11H16N2O4S2. The van der Waals surface area contributed by atoms with Crippen molar-refractivity contribution in [3.8, 4) is 0 Å². The van der Waals surface area contributed by atoms with Gasteiger partial charge in [0.25, 0.3) is 0 Å². The van der Waals surface area contributed by atoms with Crippen molar-refractivity contribution < 1.29 is 16.8 Å². The summed E-state index contributed by atoms with van der Waals surface area (Å²) in [6, 6.07) is 4.83. The average molecular weight is 304 g/mol. The van der Waals surface area contributed by atoms with Gasteiger partial charge in [-0.05, 0) is 42.5 Å². The second-order valence-electron chi connectivity index (χ2n) is 5.15. The first-order valence-corrected chi connectivity index (χ1v) is 8.78. The third-order valence-electron chi connectivity index (χ3n) is 3.26. The fraction of sp³-hybridized carbons (Fsp3) is 0.455. The van der Waals surface area contributed by atoms with Gasteiger partial charge in [0.2, 0.25) is 20.0 Å². The van der Waals surface area contributed by atoms with Crippen LogP contribution in [-0.2, 0) is 20.0 Å². The first-order chi connectivity index (χ1) is 8.62. The Bertz CT molecular complexity index is 674. The lowest BCUT2D eigenvalue weighted by Gasteiger charge is -2.11. The Morgan fingerprint density at radius 2 is 1.58 bits per heavy atom. The maximum atomic E-state index is 12.0. The summed E-state index contributed by atoms with van der Waals surface area (Å²) in [5.74, 6) is 0. The zero-order valence-corrected chi connectivity index (χ0v) is 12.1. The SMILES string of the molecule is CC1(CNS(=O)(=O)c2ccc(S(N)(=O)=O)cc2)CC1. The predicted molar refractivity (Wildman–Crippen MR) is 70.3 cm³/mol. The summed E-state index contributed by atoms with van der Waals surface area (Å²) in [5.41, 5.74) is 0.0631. The minimum atomic E-state index is -3.81. The van der Waals surface area contributed by atoms with Gasteiger partial charge in [0.1, 0.15) is 0 Å². The molecule has 0 bridgehead atoms. The number of hydrogen-bond donors (Lipinski definition) is 2. The van der Waals surface area contributed by atoms with Crippen LogP contribution >= 0.6 is 0 Å². The smallest absolute Gasteiger partial charge is 0.225 e. The largest absolute Gasteiger partial charge is 0.240 e. The maximum Gasteiger partial charge on any atom is 0.240 e. The van der Waals surface area contributed by atoms with Gasteiger partial charge in [0.05, 0.1) is 9.79 Å². The molecule has 0 radical (unpaired) electrons. The van der Waals surface area contributed by atoms with Gasteiger partial charge in [-0.1, -0.05) is 6.92 Å². The van der Waals surface area contributed by atoms with Gasteiger partial charge in [-0.3, -0.25) is 0 Å². The number of sulfonamides is 2. The van der Waals surface area contributed by atoms with Crippen LogP contribution in [0.3, 0.4) is 0 Å². The standard InChI is InChI=1S/C11H16N2O4S2/c1-11(6-7-11)8-13-19(16,17)10-4-2-9(3-5-10)18(12,14)15/h2-5,13H,6-8H2,1H3,(H2,12,14,15). The third kappa shape index (κ3) is 3.53. The topological polar surface area (TPSA) is 106 Å². The lowest BCUT2D eigenvalue weighted by molar-refractivity contribution is 0.530. The van der Waals surface area contributed by atoms with Crippen molar-refractivity contribution in [2.45, 2.75) is 29.6 Å². The predicted octanol–water partition coefficient (Wildman–Crippen LogP) is 0.412. The van der Waals surface area contributed by atoms with Gasteiger partial charge < -0.3 is 0 Å². The van der Waals surface area contributed by atoms with Crippen LogP contribution in [0.5, 0.6) is 0 Å². The summed E-state index contributed by atoms with van der Waals surface area (Å²) < 4.78 is 48.6. The number of nitrogens with one attached hydrogen (secondary N) is 1. The van der Waals surface area contributed by atoms with E-state index in [1.807, 2.05) is 6.92 Å². The number of primary sulfonamides is 1. The van der Waals surface area contributed by atoms with Crippen molar-refractivity contribution in [1.29, 1.82) is 0 Å². The molecule has 1 aliphatic rings. The highest BCUT2D eigenvalue weighted by Gasteiger charge is 2.38. The molecule has 1 saturated carbocycles. The molecule has 0 saturated heterocycles. The van der Waals surface area contributed by atoms with Crippen molar-refractivity contribution in [2.75, 3.05) is 6.54 Å². The van der Waals surface area contributed by atoms with E-state index in [-0.39, 0.29) is 15.2 Å². The van der Waals surface area contributed by atoms with Crippen LogP contribution in [0.25, 0.3) is 0 Å². The Kier molecular flexibility index (Phi) is 3.46. The fourth-order valence-electron chi connectivity index (χ4n) is 1.55. The Morgan fingerprint density at radius 3 is 2.00 bits per heavy atom. The highest BCUT2D eigenvalue weighted by Crippen LogP contribution is 2.44. The van der Waals surface area contributed by atoms with Crippen molar-refractivity contribution in [3.63, 3.8) is 0 Å². The zero-order chi connectivity index (χ0) is 14.3. The van der Waals surface area contributed by atoms with E-state index in [0.29, 0.717) is 6.54 Å². The Balaban J connectivity index is 2.16. The number of nitrogens with two attached hydrogens (primary N) is 1. The number of rotatable bonds is 5. The maximum absolute atomic E-state index is 12.0. The summed E-state index contributed by atoms with van der Waals surface area (Å²) in [7, 11) is -7.41. The van der Waals surface area contributed by atoms with Crippen molar-refractivity contribution >= 4 is 20.0 Å². The van der Waals surface area contributed by atoms with Crippen molar-refractivity contribution in [2.24, 2.45) is 10.6 Å². The summed E-state index contributed by atoms with van der Waals surface area (Å²) in [6.45, 7) is 2.41. The number of hydrogen-bond acceptors (Lipinski definition) is 4. The summed E-state index contributed by atoms with van der Waals surface area (Å²) in [6.07, 6.45) is 2.03. The molecule has 1 aliphatic carbocycles. The molecule has 19 heavy (non-hydrogen) atoms. The highest BCUT2D eigenvalue weighted by molar-refractivity contribution is 7.89. The fourth-order valence-corrected chi connectivity index (χ4v) is 3.27. The normalized spacial score (nSPS) is 18.2. The molecule has 1 fully saturated rings. The van der Waals surface area contributed by atoms with Crippen LogP contribution in [0.15, 0.2) is 34.1 Å². The van der Waals surface area contributed by atoms with Gasteiger partial charge in [-0.25, -0.2) is 26.7 Å². The Hall–Kier alpha value is -0.960. The highest BCUT2D eigenvalue weighted by atomic mass is 32.2. The molecule has 6 nitrogen and oxygen atoms in total. The second-order valence-corrected chi connectivity index (χ2v) is 8.48. The lowest BCUT2D eigenvalue weighted by Crippen LogP contribution is -2.29. The molecule has 3 N–H and O–H groups in total. The van der Waals surface area contributed by atoms with Gasteiger partial charge >= 0.3 is 0 Å². The van der Waals surface area contributed by atoms with Crippen LogP contribution in [0.1, 0.15) is 19.8 Å². The van der Waals surface area contributed by atoms with E-state index in [2.05, 4.69) is 4.72 Å². The molecule has 0 unspecified atom stereocenters. The Morgan fingerprint density at radius 1 is 1.11 bits per heavy atom. The van der Waals surface area contributed by atoms with Gasteiger partial charge in [0, 0.05) is 6.54 Å². The molecule has 0 spiro atoms. The lowest BCUT2D eigenvalue weighted by atomic mass is 10.2. The van der Waals surface area contributed by atoms with Gasteiger partial charge in [-0.15, -0.1) is 0 Å². The third-order valence-corrected chi connectivity index (χ3v) is 5.60. The molecule has 1 aromatic carbocycles. The van der Waals surface area contributed by atoms with E-state index in [9.17, 15) is 16.8 Å². The van der Waals surface area contributed by atoms with Crippen molar-refractivity contribution in [3.05, 3.63) is 24.3 Å². The van der Waals surface area contributed by atoms with E-state index in [1.54, 1.807) is 0 Å². The van der Waals surface area contributed by atoms with Crippen LogP contribution < -0.4 is 9.86 Å². The zero-order valence-electron chi connectivity index (χ0n) is 10.5. The van der Waals surface area contributed by atoms with Crippen LogP contribution in [0.2, 0.25) is 0 Å². The molecule has 1 aromatic rings. The van der Waals surface area contributed by atoms with E-state index in [1.165, 1.54) is 24.3 Å². The quantitative estimate of drug-likeness (QED) is 0.821. The minimum absolute atomic E-state index is 0.0316. The van der Waals surface area contributed by atoms with Crippen molar-refractivity contribution in [1.82, 2.24) is 4.72 Å². The monoisotopic (exact) mass is 304 g/mol. The van der Waals surface area contributed by atoms with E-state index >= 15 is 0 Å². The van der Waals surface area contributed by atoms with E-state index in [4.69, 9.17) is 5.14 Å². The minimum Gasteiger partial charge on any atom is -0.225 e. The average Bonchev–Trinajstić information content (AvgIpc) is 3.05. The molecule has 0 aliphatic heterocycles. The summed E-state index contributed by atoms with van der Waals surface area (Å²) >= 11 is 0. The van der Waals surface area contributed by atoms with Crippen LogP contribution in [0.4, 0.5) is 0 Å². The molecule has 2 rings (SSSR count). The molecule has 106 valence electrons. The molecule has 8 heteroatoms. The summed E-state index contributed by atoms with van der Waals surface area (Å²) in [5, 5.41) is 4.95. The van der Waals surface area contributed by atoms with E-state index in [0.717, 1.165) is 12.8 Å². The van der Waals surface area contributed by atoms with Crippen LogP contribution in [-0.4, -0.2) is 23.4 Å². The number of benzene rings is 1. The van der Waals surface area contributed by atoms with E-state index < -0.39 is 20.0 Å². The second kappa shape index (κ2) is 4.55. The van der Waals surface area contributed by atoms with Gasteiger partial charge in [-0.2, -0.15) is 0 Å².